The molecule has 1 saturated heterocycles. The van der Waals surface area contributed by atoms with E-state index in [2.05, 4.69) is 30.0 Å². The lowest BCUT2D eigenvalue weighted by atomic mass is 10.0. The predicted octanol–water partition coefficient (Wildman–Crippen LogP) is 2.49. The second-order valence-electron chi connectivity index (χ2n) is 4.95. The molecule has 1 heterocycles. The quantitative estimate of drug-likeness (QED) is 0.870. The van der Waals surface area contributed by atoms with Crippen molar-refractivity contribution < 1.29 is 4.74 Å². The molecule has 0 amide bonds. The molecule has 100 valence electrons. The van der Waals surface area contributed by atoms with Crippen LogP contribution < -0.4 is 10.5 Å². The standard InChI is InChI=1S/C15H24N2O/c1-3-18-15-7-6-13(10-12(15)2)14(11-16)17-8-4-5-9-17/h6-7,10,14H,3-5,8-9,11,16H2,1-2H3. The number of ether oxygens (including phenoxy) is 1. The third kappa shape index (κ3) is 2.85. The summed E-state index contributed by atoms with van der Waals surface area (Å²) in [6.45, 7) is 7.87. The third-order valence-electron chi connectivity index (χ3n) is 3.69. The highest BCUT2D eigenvalue weighted by Crippen LogP contribution is 2.28. The molecule has 0 spiro atoms. The van der Waals surface area contributed by atoms with Crippen molar-refractivity contribution in [3.63, 3.8) is 0 Å². The second-order valence-corrected chi connectivity index (χ2v) is 4.95. The molecule has 0 radical (unpaired) electrons. The summed E-state index contributed by atoms with van der Waals surface area (Å²) in [6, 6.07) is 6.82. The van der Waals surface area contributed by atoms with Crippen LogP contribution in [0.15, 0.2) is 18.2 Å². The van der Waals surface area contributed by atoms with Crippen LogP contribution in [0.3, 0.4) is 0 Å². The highest BCUT2D eigenvalue weighted by molar-refractivity contribution is 5.37. The fraction of sp³-hybridized carbons (Fsp3) is 0.600. The topological polar surface area (TPSA) is 38.5 Å². The van der Waals surface area contributed by atoms with Gasteiger partial charge in [-0.05, 0) is 57.0 Å². The van der Waals surface area contributed by atoms with E-state index in [0.29, 0.717) is 19.2 Å². The third-order valence-corrected chi connectivity index (χ3v) is 3.69. The lowest BCUT2D eigenvalue weighted by Crippen LogP contribution is -2.31. The van der Waals surface area contributed by atoms with Gasteiger partial charge in [0.2, 0.25) is 0 Å². The van der Waals surface area contributed by atoms with E-state index in [1.165, 1.54) is 37.1 Å². The Balaban J connectivity index is 2.17. The molecule has 1 atom stereocenters. The highest BCUT2D eigenvalue weighted by atomic mass is 16.5. The van der Waals surface area contributed by atoms with Crippen LogP contribution in [0.5, 0.6) is 5.75 Å². The van der Waals surface area contributed by atoms with Gasteiger partial charge in [0.05, 0.1) is 6.61 Å². The van der Waals surface area contributed by atoms with Gasteiger partial charge in [0, 0.05) is 12.6 Å². The van der Waals surface area contributed by atoms with Gasteiger partial charge in [-0.15, -0.1) is 0 Å². The summed E-state index contributed by atoms with van der Waals surface area (Å²) >= 11 is 0. The molecule has 0 aromatic heterocycles. The predicted molar refractivity (Wildman–Crippen MR) is 75.0 cm³/mol. The molecule has 3 heteroatoms. The van der Waals surface area contributed by atoms with E-state index in [0.717, 1.165) is 5.75 Å². The summed E-state index contributed by atoms with van der Waals surface area (Å²) in [7, 11) is 0. The number of aryl methyl sites for hydroxylation is 1. The first kappa shape index (κ1) is 13.4. The van der Waals surface area contributed by atoms with Crippen LogP contribution in [0, 0.1) is 6.92 Å². The summed E-state index contributed by atoms with van der Waals surface area (Å²) in [6.07, 6.45) is 2.60. The molecule has 0 aliphatic carbocycles. The first-order valence-electron chi connectivity index (χ1n) is 6.93. The SMILES string of the molecule is CCOc1ccc(C(CN)N2CCCC2)cc1C. The van der Waals surface area contributed by atoms with Gasteiger partial charge in [-0.25, -0.2) is 0 Å². The number of hydrogen-bond acceptors (Lipinski definition) is 3. The smallest absolute Gasteiger partial charge is 0.122 e. The Labute approximate surface area is 110 Å². The van der Waals surface area contributed by atoms with E-state index in [1.54, 1.807) is 0 Å². The number of nitrogens with two attached hydrogens (primary N) is 1. The Kier molecular flexibility index (Phi) is 4.61. The van der Waals surface area contributed by atoms with E-state index in [9.17, 15) is 0 Å². The molecular weight excluding hydrogens is 224 g/mol. The fourth-order valence-corrected chi connectivity index (χ4v) is 2.75. The van der Waals surface area contributed by atoms with E-state index in [4.69, 9.17) is 10.5 Å². The van der Waals surface area contributed by atoms with Crippen molar-refractivity contribution in [2.45, 2.75) is 32.7 Å². The van der Waals surface area contributed by atoms with Gasteiger partial charge >= 0.3 is 0 Å². The van der Waals surface area contributed by atoms with Crippen molar-refractivity contribution in [1.29, 1.82) is 0 Å². The molecule has 0 saturated carbocycles. The van der Waals surface area contributed by atoms with Crippen LogP contribution in [0.25, 0.3) is 0 Å². The molecule has 18 heavy (non-hydrogen) atoms. The van der Waals surface area contributed by atoms with Crippen molar-refractivity contribution in [2.75, 3.05) is 26.2 Å². The number of benzene rings is 1. The monoisotopic (exact) mass is 248 g/mol. The molecule has 1 aromatic carbocycles. The summed E-state index contributed by atoms with van der Waals surface area (Å²) < 4.78 is 5.59. The number of hydrogen-bond donors (Lipinski definition) is 1. The molecule has 1 aliphatic heterocycles. The normalized spacial score (nSPS) is 17.9. The molecular formula is C15H24N2O. The zero-order valence-electron chi connectivity index (χ0n) is 11.5. The summed E-state index contributed by atoms with van der Waals surface area (Å²) in [5, 5.41) is 0. The Morgan fingerprint density at radius 3 is 2.61 bits per heavy atom. The van der Waals surface area contributed by atoms with Crippen molar-refractivity contribution in [2.24, 2.45) is 5.73 Å². The summed E-state index contributed by atoms with van der Waals surface area (Å²) in [4.78, 5) is 2.50. The van der Waals surface area contributed by atoms with Gasteiger partial charge in [0.25, 0.3) is 0 Å². The number of nitrogens with zero attached hydrogens (tertiary/aromatic N) is 1. The zero-order valence-corrected chi connectivity index (χ0v) is 11.5. The highest BCUT2D eigenvalue weighted by Gasteiger charge is 2.22. The average Bonchev–Trinajstić information content (AvgIpc) is 2.87. The van der Waals surface area contributed by atoms with E-state index in [-0.39, 0.29) is 0 Å². The minimum atomic E-state index is 0.363. The molecule has 0 bridgehead atoms. The summed E-state index contributed by atoms with van der Waals surface area (Å²) in [5.41, 5.74) is 8.48. The summed E-state index contributed by atoms with van der Waals surface area (Å²) in [5.74, 6) is 0.985. The largest absolute Gasteiger partial charge is 0.494 e. The average molecular weight is 248 g/mol. The molecule has 2 rings (SSSR count). The van der Waals surface area contributed by atoms with Gasteiger partial charge in [-0.3, -0.25) is 4.90 Å². The van der Waals surface area contributed by atoms with Crippen molar-refractivity contribution in [1.82, 2.24) is 4.90 Å². The van der Waals surface area contributed by atoms with Crippen molar-refractivity contribution in [3.8, 4) is 5.75 Å². The van der Waals surface area contributed by atoms with Gasteiger partial charge in [0.1, 0.15) is 5.75 Å². The zero-order chi connectivity index (χ0) is 13.0. The van der Waals surface area contributed by atoms with E-state index >= 15 is 0 Å². The fourth-order valence-electron chi connectivity index (χ4n) is 2.75. The van der Waals surface area contributed by atoms with Gasteiger partial charge in [-0.1, -0.05) is 12.1 Å². The van der Waals surface area contributed by atoms with Crippen molar-refractivity contribution >= 4 is 0 Å². The van der Waals surface area contributed by atoms with Crippen molar-refractivity contribution in [3.05, 3.63) is 29.3 Å². The number of rotatable bonds is 5. The van der Waals surface area contributed by atoms with Crippen LogP contribution in [0.1, 0.15) is 36.9 Å². The maximum atomic E-state index is 5.96. The van der Waals surface area contributed by atoms with E-state index in [1.807, 2.05) is 6.92 Å². The first-order chi connectivity index (χ1) is 8.76. The molecule has 1 aromatic rings. The Hall–Kier alpha value is -1.06. The molecule has 1 fully saturated rings. The Bertz CT molecular complexity index is 386. The molecule has 2 N–H and O–H groups in total. The van der Waals surface area contributed by atoms with Gasteiger partial charge < -0.3 is 10.5 Å². The molecule has 1 unspecified atom stereocenters. The second kappa shape index (κ2) is 6.21. The molecule has 3 nitrogen and oxygen atoms in total. The van der Waals surface area contributed by atoms with E-state index < -0.39 is 0 Å². The lowest BCUT2D eigenvalue weighted by molar-refractivity contribution is 0.251. The minimum absolute atomic E-state index is 0.363. The van der Waals surface area contributed by atoms with Crippen LogP contribution >= 0.6 is 0 Å². The van der Waals surface area contributed by atoms with Gasteiger partial charge in [0.15, 0.2) is 0 Å². The molecule has 1 aliphatic rings. The maximum Gasteiger partial charge on any atom is 0.122 e. The maximum absolute atomic E-state index is 5.96. The van der Waals surface area contributed by atoms with Crippen LogP contribution in [-0.2, 0) is 0 Å². The Morgan fingerprint density at radius 1 is 1.33 bits per heavy atom. The first-order valence-corrected chi connectivity index (χ1v) is 6.93. The van der Waals surface area contributed by atoms with Crippen LogP contribution in [-0.4, -0.2) is 31.1 Å². The van der Waals surface area contributed by atoms with Crippen LogP contribution in [0.4, 0.5) is 0 Å². The Morgan fingerprint density at radius 2 is 2.06 bits per heavy atom. The van der Waals surface area contributed by atoms with Gasteiger partial charge in [-0.2, -0.15) is 0 Å². The van der Waals surface area contributed by atoms with Crippen LogP contribution in [0.2, 0.25) is 0 Å². The number of likely N-dealkylation sites (tertiary alicyclic amines) is 1. The lowest BCUT2D eigenvalue weighted by Gasteiger charge is -2.27. The minimum Gasteiger partial charge on any atom is -0.494 e.